The van der Waals surface area contributed by atoms with Crippen molar-refractivity contribution in [1.29, 1.82) is 0 Å². The van der Waals surface area contributed by atoms with E-state index in [0.29, 0.717) is 30.8 Å². The molecule has 8 nitrogen and oxygen atoms in total. The number of fused-ring (bicyclic) bond motifs is 1. The highest BCUT2D eigenvalue weighted by atomic mass is 32.2. The number of sulfonamides is 1. The Balaban J connectivity index is 1.34. The molecule has 1 saturated heterocycles. The van der Waals surface area contributed by atoms with Gasteiger partial charge in [0.05, 0.1) is 17.4 Å². The number of esters is 1. The van der Waals surface area contributed by atoms with Crippen LogP contribution in [0.1, 0.15) is 37.0 Å². The number of nitrogens with one attached hydrogen (secondary N) is 1. The van der Waals surface area contributed by atoms with E-state index in [1.807, 2.05) is 31.2 Å². The Morgan fingerprint density at radius 1 is 1.09 bits per heavy atom. The number of ether oxygens (including phenoxy) is 2. The van der Waals surface area contributed by atoms with Gasteiger partial charge in [0, 0.05) is 35.8 Å². The average molecular weight is 485 g/mol. The molecule has 34 heavy (non-hydrogen) atoms. The van der Waals surface area contributed by atoms with Crippen molar-refractivity contribution in [3.63, 3.8) is 0 Å². The number of aromatic nitrogens is 1. The summed E-state index contributed by atoms with van der Waals surface area (Å²) in [7, 11) is -3.66. The van der Waals surface area contributed by atoms with Crippen molar-refractivity contribution in [1.82, 2.24) is 9.29 Å². The SMILES string of the molecule is CCOc1ccc(S(=O)(=O)N2CCC(C(=O)OC(C)C(=O)c3c[nH]c4ccccc34)CC2)cc1. The monoisotopic (exact) mass is 484 g/mol. The number of ketones is 1. The molecule has 1 unspecified atom stereocenters. The zero-order valence-corrected chi connectivity index (χ0v) is 20.0. The van der Waals surface area contributed by atoms with Gasteiger partial charge in [-0.25, -0.2) is 8.42 Å². The number of para-hydroxylation sites is 1. The molecule has 1 fully saturated rings. The molecule has 4 rings (SSSR count). The Labute approximate surface area is 198 Å². The first-order chi connectivity index (χ1) is 16.3. The fraction of sp³-hybridized carbons (Fsp3) is 0.360. The van der Waals surface area contributed by atoms with Crippen molar-refractivity contribution in [2.75, 3.05) is 19.7 Å². The number of rotatable bonds is 8. The first kappa shape index (κ1) is 24.0. The third-order valence-corrected chi connectivity index (χ3v) is 7.99. The third-order valence-electron chi connectivity index (χ3n) is 6.08. The predicted molar refractivity (Wildman–Crippen MR) is 127 cm³/mol. The largest absolute Gasteiger partial charge is 0.494 e. The van der Waals surface area contributed by atoms with Crippen LogP contribution in [-0.2, 0) is 19.6 Å². The Hall–Kier alpha value is -3.17. The number of Topliss-reactive ketones (excluding diaryl/α,β-unsaturated/α-hetero) is 1. The summed E-state index contributed by atoms with van der Waals surface area (Å²) in [6.45, 7) is 4.34. The number of H-pyrrole nitrogens is 1. The molecule has 1 N–H and O–H groups in total. The Kier molecular flexibility index (Phi) is 7.04. The van der Waals surface area contributed by atoms with Gasteiger partial charge < -0.3 is 14.5 Å². The minimum absolute atomic E-state index is 0.190. The van der Waals surface area contributed by atoms with Crippen molar-refractivity contribution < 1.29 is 27.5 Å². The van der Waals surface area contributed by atoms with Gasteiger partial charge in [0.2, 0.25) is 15.8 Å². The summed E-state index contributed by atoms with van der Waals surface area (Å²) >= 11 is 0. The van der Waals surface area contributed by atoms with Crippen molar-refractivity contribution in [3.05, 3.63) is 60.3 Å². The van der Waals surface area contributed by atoms with Gasteiger partial charge in [-0.2, -0.15) is 4.31 Å². The molecule has 0 amide bonds. The molecule has 9 heteroatoms. The summed E-state index contributed by atoms with van der Waals surface area (Å²) in [6, 6.07) is 13.8. The molecule has 0 radical (unpaired) electrons. The summed E-state index contributed by atoms with van der Waals surface area (Å²) in [5, 5.41) is 0.781. The maximum atomic E-state index is 13.0. The Bertz CT molecular complexity index is 1270. The lowest BCUT2D eigenvalue weighted by molar-refractivity contribution is -0.152. The van der Waals surface area contributed by atoms with Gasteiger partial charge in [-0.05, 0) is 57.0 Å². The number of piperidine rings is 1. The smallest absolute Gasteiger partial charge is 0.309 e. The quantitative estimate of drug-likeness (QED) is 0.385. The number of carbonyl (C=O) groups excluding carboxylic acids is 2. The Morgan fingerprint density at radius 3 is 2.44 bits per heavy atom. The van der Waals surface area contributed by atoms with E-state index < -0.39 is 28.0 Å². The van der Waals surface area contributed by atoms with Crippen LogP contribution in [0.25, 0.3) is 10.9 Å². The van der Waals surface area contributed by atoms with E-state index in [0.717, 1.165) is 10.9 Å². The third kappa shape index (κ3) is 4.85. The van der Waals surface area contributed by atoms with Crippen LogP contribution in [0.15, 0.2) is 59.6 Å². The second-order valence-corrected chi connectivity index (χ2v) is 10.2. The van der Waals surface area contributed by atoms with Gasteiger partial charge in [0.1, 0.15) is 5.75 Å². The Morgan fingerprint density at radius 2 is 1.76 bits per heavy atom. The van der Waals surface area contributed by atoms with Crippen molar-refractivity contribution in [3.8, 4) is 5.75 Å². The highest BCUT2D eigenvalue weighted by Crippen LogP contribution is 2.27. The molecule has 3 aromatic rings. The van der Waals surface area contributed by atoms with Crippen LogP contribution in [0.4, 0.5) is 0 Å². The summed E-state index contributed by atoms with van der Waals surface area (Å²) in [6.07, 6.45) is 1.37. The van der Waals surface area contributed by atoms with Crippen molar-refractivity contribution >= 4 is 32.7 Å². The highest BCUT2D eigenvalue weighted by Gasteiger charge is 2.34. The van der Waals surface area contributed by atoms with Gasteiger partial charge in [-0.15, -0.1) is 0 Å². The van der Waals surface area contributed by atoms with Crippen LogP contribution in [-0.4, -0.2) is 55.3 Å². The fourth-order valence-corrected chi connectivity index (χ4v) is 5.64. The molecular formula is C25H28N2O6S. The number of hydrogen-bond donors (Lipinski definition) is 1. The molecule has 1 atom stereocenters. The second-order valence-electron chi connectivity index (χ2n) is 8.27. The van der Waals surface area contributed by atoms with Crippen LogP contribution in [0.2, 0.25) is 0 Å². The molecule has 0 aliphatic carbocycles. The number of nitrogens with zero attached hydrogens (tertiary/aromatic N) is 1. The summed E-state index contributed by atoms with van der Waals surface area (Å²) in [5.74, 6) is -0.593. The summed E-state index contributed by atoms with van der Waals surface area (Å²) in [4.78, 5) is 28.8. The van der Waals surface area contributed by atoms with E-state index in [4.69, 9.17) is 9.47 Å². The molecule has 180 valence electrons. The first-order valence-corrected chi connectivity index (χ1v) is 12.8. The van der Waals surface area contributed by atoms with Crippen LogP contribution < -0.4 is 4.74 Å². The minimum Gasteiger partial charge on any atom is -0.494 e. The lowest BCUT2D eigenvalue weighted by Crippen LogP contribution is -2.41. The van der Waals surface area contributed by atoms with Crippen molar-refractivity contribution in [2.45, 2.75) is 37.7 Å². The molecule has 1 aromatic heterocycles. The maximum absolute atomic E-state index is 13.0. The number of aromatic amines is 1. The zero-order chi connectivity index (χ0) is 24.3. The van der Waals surface area contributed by atoms with Crippen LogP contribution >= 0.6 is 0 Å². The second kappa shape index (κ2) is 9.99. The normalized spacial score (nSPS) is 16.3. The summed E-state index contributed by atoms with van der Waals surface area (Å²) < 4.78 is 38.2. The number of carbonyl (C=O) groups is 2. The van der Waals surface area contributed by atoms with Crippen molar-refractivity contribution in [2.24, 2.45) is 5.92 Å². The predicted octanol–water partition coefficient (Wildman–Crippen LogP) is 3.78. The topological polar surface area (TPSA) is 106 Å². The van der Waals surface area contributed by atoms with Gasteiger partial charge >= 0.3 is 5.97 Å². The van der Waals surface area contributed by atoms with E-state index in [2.05, 4.69) is 4.98 Å². The lowest BCUT2D eigenvalue weighted by Gasteiger charge is -2.30. The highest BCUT2D eigenvalue weighted by molar-refractivity contribution is 7.89. The fourth-order valence-electron chi connectivity index (χ4n) is 4.17. The molecule has 0 spiro atoms. The lowest BCUT2D eigenvalue weighted by atomic mass is 9.98. The van der Waals surface area contributed by atoms with E-state index in [1.165, 1.54) is 16.4 Å². The van der Waals surface area contributed by atoms with E-state index in [1.54, 1.807) is 25.3 Å². The summed E-state index contributed by atoms with van der Waals surface area (Å²) in [5.41, 5.74) is 1.32. The van der Waals surface area contributed by atoms with E-state index in [-0.39, 0.29) is 23.8 Å². The average Bonchev–Trinajstić information content (AvgIpc) is 3.28. The molecule has 1 aliphatic heterocycles. The standard InChI is InChI=1S/C25H28N2O6S/c1-3-32-19-8-10-20(11-9-19)34(30,31)27-14-12-18(13-15-27)25(29)33-17(2)24(28)22-16-26-23-7-5-4-6-21(22)23/h4-11,16-18,26H,3,12-15H2,1-2H3. The molecule has 1 aliphatic rings. The maximum Gasteiger partial charge on any atom is 0.309 e. The van der Waals surface area contributed by atoms with Gasteiger partial charge in [-0.1, -0.05) is 18.2 Å². The molecule has 2 heterocycles. The zero-order valence-electron chi connectivity index (χ0n) is 19.2. The molecule has 0 bridgehead atoms. The van der Waals surface area contributed by atoms with Crippen LogP contribution in [0.3, 0.4) is 0 Å². The number of benzene rings is 2. The van der Waals surface area contributed by atoms with Crippen LogP contribution in [0.5, 0.6) is 5.75 Å². The first-order valence-electron chi connectivity index (χ1n) is 11.3. The van der Waals surface area contributed by atoms with E-state index in [9.17, 15) is 18.0 Å². The van der Waals surface area contributed by atoms with Crippen LogP contribution in [0, 0.1) is 5.92 Å². The molecule has 0 saturated carbocycles. The van der Waals surface area contributed by atoms with Gasteiger partial charge in [-0.3, -0.25) is 9.59 Å². The minimum atomic E-state index is -3.66. The molecular weight excluding hydrogens is 456 g/mol. The van der Waals surface area contributed by atoms with E-state index >= 15 is 0 Å². The van der Waals surface area contributed by atoms with Gasteiger partial charge in [0.15, 0.2) is 6.10 Å². The van der Waals surface area contributed by atoms with Gasteiger partial charge in [0.25, 0.3) is 0 Å². The number of hydrogen-bond acceptors (Lipinski definition) is 6. The molecule has 2 aromatic carbocycles.